The summed E-state index contributed by atoms with van der Waals surface area (Å²) >= 11 is 0. The van der Waals surface area contributed by atoms with Crippen molar-refractivity contribution >= 4 is 22.5 Å². The van der Waals surface area contributed by atoms with Crippen molar-refractivity contribution < 1.29 is 22.6 Å². The van der Waals surface area contributed by atoms with Crippen molar-refractivity contribution in [1.29, 1.82) is 0 Å². The van der Waals surface area contributed by atoms with E-state index in [1.54, 1.807) is 35.5 Å². The lowest BCUT2D eigenvalue weighted by molar-refractivity contribution is -0.131. The summed E-state index contributed by atoms with van der Waals surface area (Å²) in [4.78, 5) is 14.6. The highest BCUT2D eigenvalue weighted by Crippen LogP contribution is 2.36. The normalized spacial score (nSPS) is 20.7. The van der Waals surface area contributed by atoms with Crippen LogP contribution in [0.3, 0.4) is 0 Å². The molecule has 12 heteroatoms. The summed E-state index contributed by atoms with van der Waals surface area (Å²) in [7, 11) is 1.39. The number of nitrogens with one attached hydrogen (secondary N) is 1. The van der Waals surface area contributed by atoms with E-state index < -0.39 is 17.8 Å². The van der Waals surface area contributed by atoms with Gasteiger partial charge in [-0.15, -0.1) is 5.10 Å². The molecule has 2 aliphatic heterocycles. The molecular formula is C23H22F3N7O2. The van der Waals surface area contributed by atoms with Crippen LogP contribution in [0.25, 0.3) is 27.7 Å². The van der Waals surface area contributed by atoms with E-state index in [1.165, 1.54) is 17.8 Å². The summed E-state index contributed by atoms with van der Waals surface area (Å²) in [6.45, 7) is 1.10. The van der Waals surface area contributed by atoms with E-state index in [1.807, 2.05) is 0 Å². The van der Waals surface area contributed by atoms with E-state index in [0.717, 1.165) is 0 Å². The fraction of sp³-hybridized carbons (Fsp3) is 0.391. The van der Waals surface area contributed by atoms with Gasteiger partial charge in [-0.1, -0.05) is 6.07 Å². The number of benzene rings is 1. The first kappa shape index (κ1) is 22.0. The minimum absolute atomic E-state index is 0.0388. The fourth-order valence-corrected chi connectivity index (χ4v) is 4.66. The average molecular weight is 485 g/mol. The van der Waals surface area contributed by atoms with Crippen molar-refractivity contribution in [3.63, 3.8) is 0 Å². The highest BCUT2D eigenvalue weighted by molar-refractivity contribution is 5.89. The van der Waals surface area contributed by atoms with Crippen LogP contribution >= 0.6 is 0 Å². The van der Waals surface area contributed by atoms with E-state index in [4.69, 9.17) is 9.47 Å². The molecule has 1 atom stereocenters. The standard InChI is InChI=1S/C23H22F3N7O2/c1-34-21-20-19(13-2-3-16-17(8-13)28-6-5-27-16)15(24)9-33(20)31-22(30-21)29-18-4-7-32(12-23(18,25)26)14-10-35-11-14/h2-3,5-6,8-9,14,18H,4,7,10-12H2,1H3,(H,29,31)/t18-/m1/s1. The van der Waals surface area contributed by atoms with Gasteiger partial charge in [-0.2, -0.15) is 4.98 Å². The van der Waals surface area contributed by atoms with Crippen LogP contribution in [0, 0.1) is 5.82 Å². The molecule has 0 unspecified atom stereocenters. The third-order valence-electron chi connectivity index (χ3n) is 6.57. The van der Waals surface area contributed by atoms with Crippen LogP contribution in [0.15, 0.2) is 36.8 Å². The Kier molecular flexibility index (Phi) is 5.22. The zero-order chi connectivity index (χ0) is 24.2. The fourth-order valence-electron chi connectivity index (χ4n) is 4.66. The third-order valence-corrected chi connectivity index (χ3v) is 6.57. The number of anilines is 1. The first-order valence-electron chi connectivity index (χ1n) is 11.2. The lowest BCUT2D eigenvalue weighted by Gasteiger charge is -2.44. The topological polar surface area (TPSA) is 89.7 Å². The Morgan fingerprint density at radius 1 is 1.17 bits per heavy atom. The van der Waals surface area contributed by atoms with E-state index >= 15 is 4.39 Å². The predicted octanol–water partition coefficient (Wildman–Crippen LogP) is 3.01. The van der Waals surface area contributed by atoms with Gasteiger partial charge in [0.2, 0.25) is 11.8 Å². The number of fused-ring (bicyclic) bond motifs is 2. The molecule has 0 bridgehead atoms. The number of halogens is 3. The molecule has 6 rings (SSSR count). The molecule has 2 fully saturated rings. The van der Waals surface area contributed by atoms with Gasteiger partial charge < -0.3 is 14.8 Å². The minimum Gasteiger partial charge on any atom is -0.479 e. The van der Waals surface area contributed by atoms with Crippen molar-refractivity contribution in [2.45, 2.75) is 24.4 Å². The number of aromatic nitrogens is 5. The molecular weight excluding hydrogens is 463 g/mol. The number of rotatable bonds is 5. The first-order valence-corrected chi connectivity index (χ1v) is 11.2. The summed E-state index contributed by atoms with van der Waals surface area (Å²) in [6, 6.07) is 4.06. The predicted molar refractivity (Wildman–Crippen MR) is 121 cm³/mol. The van der Waals surface area contributed by atoms with E-state index in [-0.39, 0.29) is 41.9 Å². The van der Waals surface area contributed by atoms with Gasteiger partial charge in [-0.05, 0) is 24.1 Å². The van der Waals surface area contributed by atoms with Gasteiger partial charge in [-0.3, -0.25) is 14.9 Å². The van der Waals surface area contributed by atoms with Crippen molar-refractivity contribution in [2.24, 2.45) is 0 Å². The van der Waals surface area contributed by atoms with Crippen molar-refractivity contribution in [2.75, 3.05) is 38.7 Å². The lowest BCUT2D eigenvalue weighted by Crippen LogP contribution is -2.61. The second-order valence-corrected chi connectivity index (χ2v) is 8.76. The number of methoxy groups -OCH3 is 1. The number of ether oxygens (including phenoxy) is 2. The molecule has 2 aliphatic rings. The summed E-state index contributed by atoms with van der Waals surface area (Å²) in [5.41, 5.74) is 2.32. The number of piperidine rings is 1. The molecule has 1 aromatic carbocycles. The second kappa shape index (κ2) is 8.31. The van der Waals surface area contributed by atoms with Crippen LogP contribution in [0.4, 0.5) is 19.1 Å². The van der Waals surface area contributed by atoms with Gasteiger partial charge in [-0.25, -0.2) is 17.7 Å². The molecule has 2 saturated heterocycles. The summed E-state index contributed by atoms with van der Waals surface area (Å²) in [6.07, 6.45) is 4.52. The van der Waals surface area contributed by atoms with Crippen LogP contribution in [-0.2, 0) is 4.74 Å². The largest absolute Gasteiger partial charge is 0.479 e. The summed E-state index contributed by atoms with van der Waals surface area (Å²) in [5.74, 6) is -3.56. The lowest BCUT2D eigenvalue weighted by atomic mass is 9.98. The quantitative estimate of drug-likeness (QED) is 0.462. The molecule has 0 spiro atoms. The third kappa shape index (κ3) is 3.82. The van der Waals surface area contributed by atoms with Gasteiger partial charge in [0.05, 0.1) is 61.7 Å². The Hall–Kier alpha value is -3.51. The maximum absolute atomic E-state index is 15.1. The van der Waals surface area contributed by atoms with Crippen LogP contribution in [0.5, 0.6) is 5.88 Å². The molecule has 5 heterocycles. The Balaban J connectivity index is 1.33. The van der Waals surface area contributed by atoms with Gasteiger partial charge in [0, 0.05) is 18.9 Å². The van der Waals surface area contributed by atoms with E-state index in [9.17, 15) is 8.78 Å². The number of likely N-dealkylation sites (tertiary alicyclic amines) is 1. The highest BCUT2D eigenvalue weighted by atomic mass is 19.3. The SMILES string of the molecule is COc1nc(N[C@@H]2CCN(C3COC3)CC2(F)F)nn2cc(F)c(-c3ccc4nccnc4c3)c12. The Morgan fingerprint density at radius 3 is 2.69 bits per heavy atom. The molecule has 0 saturated carbocycles. The van der Waals surface area contributed by atoms with E-state index in [2.05, 4.69) is 25.4 Å². The Bertz CT molecular complexity index is 1410. The monoisotopic (exact) mass is 485 g/mol. The number of hydrogen-bond donors (Lipinski definition) is 1. The highest BCUT2D eigenvalue weighted by Gasteiger charge is 2.47. The van der Waals surface area contributed by atoms with Gasteiger partial charge in [0.25, 0.3) is 5.92 Å². The average Bonchev–Trinajstić information content (AvgIpc) is 3.14. The maximum Gasteiger partial charge on any atom is 0.280 e. The smallest absolute Gasteiger partial charge is 0.280 e. The molecule has 35 heavy (non-hydrogen) atoms. The Labute approximate surface area is 197 Å². The van der Waals surface area contributed by atoms with Crippen molar-refractivity contribution in [3.8, 4) is 17.0 Å². The molecule has 4 aromatic rings. The number of hydrogen-bond acceptors (Lipinski definition) is 8. The summed E-state index contributed by atoms with van der Waals surface area (Å²) in [5, 5.41) is 7.03. The molecule has 1 N–H and O–H groups in total. The molecule has 9 nitrogen and oxygen atoms in total. The zero-order valence-electron chi connectivity index (χ0n) is 18.8. The van der Waals surface area contributed by atoms with Crippen LogP contribution < -0.4 is 10.1 Å². The van der Waals surface area contributed by atoms with Gasteiger partial charge in [0.1, 0.15) is 5.52 Å². The van der Waals surface area contributed by atoms with Gasteiger partial charge >= 0.3 is 0 Å². The maximum atomic E-state index is 15.1. The minimum atomic E-state index is -3.00. The van der Waals surface area contributed by atoms with Crippen molar-refractivity contribution in [3.05, 3.63) is 42.6 Å². The molecule has 0 aliphatic carbocycles. The zero-order valence-corrected chi connectivity index (χ0v) is 18.8. The van der Waals surface area contributed by atoms with Gasteiger partial charge in [0.15, 0.2) is 5.82 Å². The molecule has 182 valence electrons. The molecule has 3 aromatic heterocycles. The molecule has 0 amide bonds. The van der Waals surface area contributed by atoms with E-state index in [0.29, 0.717) is 36.4 Å². The molecule has 0 radical (unpaired) electrons. The number of nitrogens with zero attached hydrogens (tertiary/aromatic N) is 6. The summed E-state index contributed by atoms with van der Waals surface area (Å²) < 4.78 is 56.8. The van der Waals surface area contributed by atoms with Crippen LogP contribution in [0.2, 0.25) is 0 Å². The van der Waals surface area contributed by atoms with Crippen LogP contribution in [-0.4, -0.2) is 80.9 Å². The Morgan fingerprint density at radius 2 is 1.97 bits per heavy atom. The van der Waals surface area contributed by atoms with Crippen molar-refractivity contribution in [1.82, 2.24) is 29.5 Å². The second-order valence-electron chi connectivity index (χ2n) is 8.76. The first-order chi connectivity index (χ1) is 16.9. The van der Waals surface area contributed by atoms with Crippen LogP contribution in [0.1, 0.15) is 6.42 Å². The number of alkyl halides is 2.